The Morgan fingerprint density at radius 3 is 2.53 bits per heavy atom. The molecule has 2 unspecified atom stereocenters. The van der Waals surface area contributed by atoms with Crippen LogP contribution in [0.3, 0.4) is 0 Å². The largest absolute Gasteiger partial charge is 0.469 e. The predicted molar refractivity (Wildman–Crippen MR) is 132 cm³/mol. The molecule has 5 rings (SSSR count). The van der Waals surface area contributed by atoms with Gasteiger partial charge in [-0.3, -0.25) is 10.1 Å². The SMILES string of the molecule is COC(=O)CC12CCC(c3ccc(-c4onc(C)c4NC(=O)O[C@H](C)c4ccccc4)cc3)(CO1)C2. The highest BCUT2D eigenvalue weighted by Gasteiger charge is 2.57. The first-order chi connectivity index (χ1) is 17.3. The number of aromatic nitrogens is 1. The first-order valence-corrected chi connectivity index (χ1v) is 12.1. The number of hydrogen-bond donors (Lipinski definition) is 1. The van der Waals surface area contributed by atoms with Gasteiger partial charge in [0.2, 0.25) is 0 Å². The smallest absolute Gasteiger partial charge is 0.412 e. The Bertz CT molecular complexity index is 1240. The van der Waals surface area contributed by atoms with Crippen LogP contribution in [0.5, 0.6) is 0 Å². The van der Waals surface area contributed by atoms with Gasteiger partial charge in [0.1, 0.15) is 17.5 Å². The minimum Gasteiger partial charge on any atom is -0.469 e. The number of anilines is 1. The molecule has 3 aromatic rings. The third kappa shape index (κ3) is 4.48. The molecule has 2 aromatic carbocycles. The van der Waals surface area contributed by atoms with Gasteiger partial charge in [0.05, 0.1) is 25.7 Å². The molecular weight excluding hydrogens is 460 g/mol. The first kappa shape index (κ1) is 24.1. The van der Waals surface area contributed by atoms with Crippen LogP contribution in [-0.4, -0.2) is 36.5 Å². The summed E-state index contributed by atoms with van der Waals surface area (Å²) < 4.78 is 22.1. The van der Waals surface area contributed by atoms with E-state index >= 15 is 0 Å². The zero-order valence-electron chi connectivity index (χ0n) is 20.7. The van der Waals surface area contributed by atoms with Crippen LogP contribution in [0.15, 0.2) is 59.1 Å². The fourth-order valence-electron chi connectivity index (χ4n) is 5.44. The lowest BCUT2D eigenvalue weighted by Crippen LogP contribution is -2.30. The summed E-state index contributed by atoms with van der Waals surface area (Å²) in [5, 5.41) is 6.86. The van der Waals surface area contributed by atoms with E-state index in [1.54, 1.807) is 6.92 Å². The zero-order chi connectivity index (χ0) is 25.3. The molecule has 1 N–H and O–H groups in total. The van der Waals surface area contributed by atoms with Gasteiger partial charge in [-0.15, -0.1) is 0 Å². The average molecular weight is 491 g/mol. The number of hydrogen-bond acceptors (Lipinski definition) is 7. The molecule has 3 atom stereocenters. The van der Waals surface area contributed by atoms with Crippen molar-refractivity contribution in [2.75, 3.05) is 19.0 Å². The number of nitrogens with one attached hydrogen (secondary N) is 1. The number of carbonyl (C=O) groups excluding carboxylic acids is 2. The Labute approximate surface area is 209 Å². The van der Waals surface area contributed by atoms with E-state index in [-0.39, 0.29) is 17.8 Å². The molecule has 1 amide bonds. The van der Waals surface area contributed by atoms with Crippen LogP contribution in [0.25, 0.3) is 11.3 Å². The lowest BCUT2D eigenvalue weighted by Gasteiger charge is -2.28. The maximum atomic E-state index is 12.6. The van der Waals surface area contributed by atoms with E-state index in [1.807, 2.05) is 49.4 Å². The molecule has 1 saturated carbocycles. The molecule has 1 aromatic heterocycles. The number of carbonyl (C=O) groups is 2. The lowest BCUT2D eigenvalue weighted by atomic mass is 9.79. The molecule has 0 radical (unpaired) electrons. The molecule has 2 heterocycles. The summed E-state index contributed by atoms with van der Waals surface area (Å²) in [6.45, 7) is 4.18. The van der Waals surface area contributed by atoms with Crippen LogP contribution in [0.2, 0.25) is 0 Å². The Hall–Kier alpha value is -3.65. The van der Waals surface area contributed by atoms with E-state index in [2.05, 4.69) is 22.6 Å². The third-order valence-corrected chi connectivity index (χ3v) is 7.47. The quantitative estimate of drug-likeness (QED) is 0.423. The van der Waals surface area contributed by atoms with Gasteiger partial charge in [-0.1, -0.05) is 59.8 Å². The minimum absolute atomic E-state index is 0.109. The highest BCUT2D eigenvalue weighted by molar-refractivity contribution is 5.90. The summed E-state index contributed by atoms with van der Waals surface area (Å²) >= 11 is 0. The van der Waals surface area contributed by atoms with Crippen LogP contribution in [0.1, 0.15) is 55.5 Å². The number of ether oxygens (including phenoxy) is 3. The topological polar surface area (TPSA) is 99.9 Å². The molecule has 1 aliphatic carbocycles. The summed E-state index contributed by atoms with van der Waals surface area (Å²) in [7, 11) is 1.41. The van der Waals surface area contributed by atoms with Gasteiger partial charge in [-0.2, -0.15) is 0 Å². The molecule has 2 fully saturated rings. The van der Waals surface area contributed by atoms with Crippen molar-refractivity contribution in [3.05, 3.63) is 71.4 Å². The number of rotatable bonds is 7. The van der Waals surface area contributed by atoms with Gasteiger partial charge in [0.15, 0.2) is 5.76 Å². The number of amides is 1. The Morgan fingerprint density at radius 1 is 1.11 bits per heavy atom. The highest BCUT2D eigenvalue weighted by Crippen LogP contribution is 2.55. The Morgan fingerprint density at radius 2 is 1.86 bits per heavy atom. The second-order valence-electron chi connectivity index (χ2n) is 9.81. The maximum Gasteiger partial charge on any atom is 0.412 e. The van der Waals surface area contributed by atoms with Crippen molar-refractivity contribution < 1.29 is 28.3 Å². The van der Waals surface area contributed by atoms with Crippen molar-refractivity contribution in [2.45, 2.75) is 56.7 Å². The van der Waals surface area contributed by atoms with Crippen molar-refractivity contribution >= 4 is 17.7 Å². The normalized spacial score (nSPS) is 23.3. The number of benzene rings is 2. The van der Waals surface area contributed by atoms with Gasteiger partial charge < -0.3 is 18.7 Å². The standard InChI is InChI=1S/C28H30N2O6/c1-18-24(29-26(32)35-19(2)20-7-5-4-6-8-20)25(36-30-18)21-9-11-22(12-10-21)27-13-14-28(16-27,34-17-27)15-23(31)33-3/h4-12,19H,13-17H2,1-3H3,(H,29,32)/t19-,27?,28?/m1/s1. The first-order valence-electron chi connectivity index (χ1n) is 12.1. The zero-order valence-corrected chi connectivity index (χ0v) is 20.7. The minimum atomic E-state index is -0.578. The van der Waals surface area contributed by atoms with Gasteiger partial charge in [0, 0.05) is 11.0 Å². The predicted octanol–water partition coefficient (Wildman–Crippen LogP) is 5.71. The van der Waals surface area contributed by atoms with Crippen molar-refractivity contribution in [1.29, 1.82) is 0 Å². The average Bonchev–Trinajstić information content (AvgIpc) is 3.57. The number of methoxy groups -OCH3 is 1. The number of aryl methyl sites for hydroxylation is 1. The Balaban J connectivity index is 1.30. The Kier molecular flexibility index (Phi) is 6.30. The van der Waals surface area contributed by atoms with E-state index in [1.165, 1.54) is 7.11 Å². The molecule has 1 saturated heterocycles. The van der Waals surface area contributed by atoms with E-state index in [0.29, 0.717) is 23.7 Å². The summed E-state index contributed by atoms with van der Waals surface area (Å²) in [6, 6.07) is 17.6. The van der Waals surface area contributed by atoms with Crippen molar-refractivity contribution in [3.8, 4) is 11.3 Å². The van der Waals surface area contributed by atoms with Crippen LogP contribution >= 0.6 is 0 Å². The monoisotopic (exact) mass is 490 g/mol. The van der Waals surface area contributed by atoms with E-state index in [0.717, 1.165) is 36.0 Å². The number of fused-ring (bicyclic) bond motifs is 2. The van der Waals surface area contributed by atoms with Crippen molar-refractivity contribution in [1.82, 2.24) is 5.16 Å². The lowest BCUT2D eigenvalue weighted by molar-refractivity contribution is -0.147. The van der Waals surface area contributed by atoms with E-state index in [9.17, 15) is 9.59 Å². The molecule has 1 aliphatic heterocycles. The van der Waals surface area contributed by atoms with Crippen LogP contribution < -0.4 is 5.32 Å². The fourth-order valence-corrected chi connectivity index (χ4v) is 5.44. The van der Waals surface area contributed by atoms with Crippen LogP contribution in [-0.2, 0) is 24.4 Å². The summed E-state index contributed by atoms with van der Waals surface area (Å²) in [6.07, 6.45) is 1.90. The molecule has 0 spiro atoms. The highest BCUT2D eigenvalue weighted by atomic mass is 16.6. The van der Waals surface area contributed by atoms with Crippen molar-refractivity contribution in [3.63, 3.8) is 0 Å². The van der Waals surface area contributed by atoms with Gasteiger partial charge >= 0.3 is 12.1 Å². The maximum absolute atomic E-state index is 12.6. The fraction of sp³-hybridized carbons (Fsp3) is 0.393. The van der Waals surface area contributed by atoms with Gasteiger partial charge in [-0.05, 0) is 44.2 Å². The number of nitrogens with zero attached hydrogens (tertiary/aromatic N) is 1. The summed E-state index contributed by atoms with van der Waals surface area (Å²) in [5.41, 5.74) is 3.36. The summed E-state index contributed by atoms with van der Waals surface area (Å²) in [4.78, 5) is 24.5. The molecule has 8 nitrogen and oxygen atoms in total. The summed E-state index contributed by atoms with van der Waals surface area (Å²) in [5.74, 6) is 0.232. The molecule has 188 valence electrons. The molecule has 2 aliphatic rings. The van der Waals surface area contributed by atoms with Crippen LogP contribution in [0, 0.1) is 6.92 Å². The molecule has 36 heavy (non-hydrogen) atoms. The number of esters is 1. The second-order valence-corrected chi connectivity index (χ2v) is 9.81. The molecule has 8 heteroatoms. The van der Waals surface area contributed by atoms with Crippen molar-refractivity contribution in [2.24, 2.45) is 0 Å². The molecular formula is C28H30N2O6. The van der Waals surface area contributed by atoms with Gasteiger partial charge in [-0.25, -0.2) is 4.79 Å². The van der Waals surface area contributed by atoms with Crippen LogP contribution in [0.4, 0.5) is 10.5 Å². The molecule has 2 bridgehead atoms. The van der Waals surface area contributed by atoms with Gasteiger partial charge in [0.25, 0.3) is 0 Å². The third-order valence-electron chi connectivity index (χ3n) is 7.47. The van der Waals surface area contributed by atoms with E-state index in [4.69, 9.17) is 18.7 Å². The second kappa shape index (κ2) is 9.43. The van der Waals surface area contributed by atoms with E-state index < -0.39 is 17.8 Å².